The average molecular weight is 243 g/mol. The molecule has 1 aromatic heterocycles. The fourth-order valence-electron chi connectivity index (χ4n) is 0.613. The number of hydrogen-bond donors (Lipinski definition) is 1. The molecule has 1 N–H and O–H groups in total. The summed E-state index contributed by atoms with van der Waals surface area (Å²) in [6, 6.07) is 0. The molecule has 0 fully saturated rings. The summed E-state index contributed by atoms with van der Waals surface area (Å²) in [5, 5.41) is 0. The highest BCUT2D eigenvalue weighted by atomic mass is 79.9. The van der Waals surface area contributed by atoms with Gasteiger partial charge in [0.25, 0.3) is 0 Å². The molecule has 0 aromatic carbocycles. The lowest BCUT2D eigenvalue weighted by Crippen LogP contribution is -2.06. The number of H-pyrrole nitrogens is 1. The molecule has 1 rings (SSSR count). The van der Waals surface area contributed by atoms with Gasteiger partial charge in [-0.25, -0.2) is 4.98 Å². The minimum absolute atomic E-state index is 0.208. The van der Waals surface area contributed by atoms with Gasteiger partial charge in [0.05, 0.1) is 0 Å². The van der Waals surface area contributed by atoms with Crippen LogP contribution in [0.3, 0.4) is 0 Å². The molecule has 0 aliphatic heterocycles. The summed E-state index contributed by atoms with van der Waals surface area (Å²) in [5.41, 5.74) is -1.05. The summed E-state index contributed by atoms with van der Waals surface area (Å²) in [7, 11) is 0. The van der Waals surface area contributed by atoms with Crippen LogP contribution in [0.15, 0.2) is 4.60 Å². The molecule has 0 spiro atoms. The van der Waals surface area contributed by atoms with E-state index in [0.29, 0.717) is 0 Å². The standard InChI is InChI=1S/C5H2BrF3N2O/c6-4-3(5(7,8)9)10-2(1-12)11-4/h1H,(H,10,11). The molecule has 0 unspecified atom stereocenters. The van der Waals surface area contributed by atoms with Gasteiger partial charge in [0, 0.05) is 0 Å². The third kappa shape index (κ3) is 1.66. The summed E-state index contributed by atoms with van der Waals surface area (Å²) < 4.78 is 35.5. The van der Waals surface area contributed by atoms with Crippen molar-refractivity contribution in [2.24, 2.45) is 0 Å². The van der Waals surface area contributed by atoms with Gasteiger partial charge < -0.3 is 4.98 Å². The third-order valence-corrected chi connectivity index (χ3v) is 1.65. The van der Waals surface area contributed by atoms with Crippen molar-refractivity contribution in [1.82, 2.24) is 9.97 Å². The van der Waals surface area contributed by atoms with Gasteiger partial charge in [-0.15, -0.1) is 0 Å². The van der Waals surface area contributed by atoms with Crippen molar-refractivity contribution in [3.8, 4) is 0 Å². The number of halogens is 4. The second kappa shape index (κ2) is 2.89. The Labute approximate surface area is 73.1 Å². The van der Waals surface area contributed by atoms with Crippen molar-refractivity contribution in [2.75, 3.05) is 0 Å². The van der Waals surface area contributed by atoms with E-state index in [2.05, 4.69) is 20.9 Å². The molecule has 7 heteroatoms. The Kier molecular flexibility index (Phi) is 2.22. The molecule has 0 radical (unpaired) electrons. The maximum atomic E-state index is 12.0. The number of carbonyl (C=O) groups is 1. The van der Waals surface area contributed by atoms with Gasteiger partial charge in [-0.1, -0.05) is 0 Å². The normalized spacial score (nSPS) is 11.7. The molecule has 0 amide bonds. The van der Waals surface area contributed by atoms with Crippen molar-refractivity contribution >= 4 is 22.2 Å². The van der Waals surface area contributed by atoms with E-state index in [-0.39, 0.29) is 12.1 Å². The minimum atomic E-state index is -4.52. The smallest absolute Gasteiger partial charge is 0.331 e. The van der Waals surface area contributed by atoms with Crippen LogP contribution in [0.5, 0.6) is 0 Å². The van der Waals surface area contributed by atoms with E-state index in [0.717, 1.165) is 0 Å². The second-order valence-corrected chi connectivity index (χ2v) is 2.65. The van der Waals surface area contributed by atoms with E-state index in [4.69, 9.17) is 0 Å². The first-order valence-electron chi connectivity index (χ1n) is 2.73. The van der Waals surface area contributed by atoms with Crippen LogP contribution in [0, 0.1) is 0 Å². The number of aromatic amines is 1. The summed E-state index contributed by atoms with van der Waals surface area (Å²) in [4.78, 5) is 15.1. The lowest BCUT2D eigenvalue weighted by atomic mass is 10.5. The Morgan fingerprint density at radius 2 is 2.08 bits per heavy atom. The highest BCUT2D eigenvalue weighted by Gasteiger charge is 2.36. The van der Waals surface area contributed by atoms with E-state index >= 15 is 0 Å². The highest BCUT2D eigenvalue weighted by molar-refractivity contribution is 9.10. The number of imidazole rings is 1. The van der Waals surface area contributed by atoms with Crippen LogP contribution in [0.25, 0.3) is 0 Å². The first-order chi connectivity index (χ1) is 5.45. The summed E-state index contributed by atoms with van der Waals surface area (Å²) in [6.07, 6.45) is -4.31. The fraction of sp³-hybridized carbons (Fsp3) is 0.200. The molecule has 12 heavy (non-hydrogen) atoms. The van der Waals surface area contributed by atoms with E-state index in [9.17, 15) is 18.0 Å². The van der Waals surface area contributed by atoms with Crippen molar-refractivity contribution in [2.45, 2.75) is 6.18 Å². The topological polar surface area (TPSA) is 45.8 Å². The molecule has 0 atom stereocenters. The van der Waals surface area contributed by atoms with Crippen LogP contribution >= 0.6 is 15.9 Å². The number of aromatic nitrogens is 2. The number of alkyl halides is 3. The number of rotatable bonds is 1. The van der Waals surface area contributed by atoms with Crippen molar-refractivity contribution in [3.05, 3.63) is 16.1 Å². The van der Waals surface area contributed by atoms with Crippen LogP contribution in [-0.2, 0) is 6.18 Å². The molecule has 3 nitrogen and oxygen atoms in total. The van der Waals surface area contributed by atoms with Gasteiger partial charge in [-0.3, -0.25) is 4.79 Å². The zero-order valence-corrected chi connectivity index (χ0v) is 7.03. The van der Waals surface area contributed by atoms with Gasteiger partial charge in [0.15, 0.2) is 17.8 Å². The molecule has 1 aromatic rings. The van der Waals surface area contributed by atoms with E-state index < -0.39 is 16.5 Å². The summed E-state index contributed by atoms with van der Waals surface area (Å²) >= 11 is 2.57. The number of nitrogens with zero attached hydrogens (tertiary/aromatic N) is 1. The van der Waals surface area contributed by atoms with Gasteiger partial charge in [-0.05, 0) is 15.9 Å². The van der Waals surface area contributed by atoms with Crippen LogP contribution in [-0.4, -0.2) is 16.3 Å². The van der Waals surface area contributed by atoms with Gasteiger partial charge in [0.2, 0.25) is 0 Å². The molecule has 66 valence electrons. The van der Waals surface area contributed by atoms with E-state index in [1.54, 1.807) is 0 Å². The Morgan fingerprint density at radius 3 is 2.33 bits per heavy atom. The van der Waals surface area contributed by atoms with E-state index in [1.807, 2.05) is 4.98 Å². The number of nitrogens with one attached hydrogen (secondary N) is 1. The average Bonchev–Trinajstić information content (AvgIpc) is 2.29. The molecule has 0 aliphatic carbocycles. The number of hydrogen-bond acceptors (Lipinski definition) is 2. The predicted molar refractivity (Wildman–Crippen MR) is 36.7 cm³/mol. The van der Waals surface area contributed by atoms with Crippen molar-refractivity contribution in [3.63, 3.8) is 0 Å². The largest absolute Gasteiger partial charge is 0.433 e. The first kappa shape index (κ1) is 9.24. The Balaban J connectivity index is 3.16. The molecule has 0 saturated carbocycles. The van der Waals surface area contributed by atoms with Gasteiger partial charge >= 0.3 is 6.18 Å². The molecular formula is C5H2BrF3N2O. The Bertz CT molecular complexity index is 306. The van der Waals surface area contributed by atoms with Crippen LogP contribution < -0.4 is 0 Å². The Hall–Kier alpha value is -0.850. The van der Waals surface area contributed by atoms with Gasteiger partial charge in [0.1, 0.15) is 4.60 Å². The molecule has 0 bridgehead atoms. The number of aldehydes is 1. The van der Waals surface area contributed by atoms with Gasteiger partial charge in [-0.2, -0.15) is 13.2 Å². The lowest BCUT2D eigenvalue weighted by molar-refractivity contribution is -0.141. The van der Waals surface area contributed by atoms with E-state index in [1.165, 1.54) is 0 Å². The van der Waals surface area contributed by atoms with Crippen LogP contribution in [0.1, 0.15) is 16.3 Å². The summed E-state index contributed by atoms with van der Waals surface area (Å²) in [6.45, 7) is 0. The Morgan fingerprint density at radius 1 is 1.50 bits per heavy atom. The third-order valence-electron chi connectivity index (χ3n) is 1.07. The highest BCUT2D eigenvalue weighted by Crippen LogP contribution is 2.32. The van der Waals surface area contributed by atoms with Crippen LogP contribution in [0.2, 0.25) is 0 Å². The zero-order chi connectivity index (χ0) is 9.35. The molecule has 0 aliphatic rings. The maximum absolute atomic E-state index is 12.0. The molecule has 1 heterocycles. The first-order valence-corrected chi connectivity index (χ1v) is 3.52. The van der Waals surface area contributed by atoms with Crippen molar-refractivity contribution < 1.29 is 18.0 Å². The molecule has 0 saturated heterocycles. The maximum Gasteiger partial charge on any atom is 0.433 e. The molecular weight excluding hydrogens is 241 g/mol. The van der Waals surface area contributed by atoms with Crippen LogP contribution in [0.4, 0.5) is 13.2 Å². The predicted octanol–water partition coefficient (Wildman–Crippen LogP) is 2.00. The lowest BCUT2D eigenvalue weighted by Gasteiger charge is -2.01. The second-order valence-electron chi connectivity index (χ2n) is 1.90. The SMILES string of the molecule is O=Cc1nc(Br)c(C(F)(F)F)[nH]1. The number of carbonyl (C=O) groups excluding carboxylic acids is 1. The van der Waals surface area contributed by atoms with Crippen molar-refractivity contribution in [1.29, 1.82) is 0 Å². The fourth-order valence-corrected chi connectivity index (χ4v) is 1.13. The monoisotopic (exact) mass is 242 g/mol. The quantitative estimate of drug-likeness (QED) is 0.766. The minimum Gasteiger partial charge on any atom is -0.331 e. The summed E-state index contributed by atoms with van der Waals surface area (Å²) in [5.74, 6) is -0.353. The zero-order valence-electron chi connectivity index (χ0n) is 5.44.